The van der Waals surface area contributed by atoms with Crippen LogP contribution in [0.5, 0.6) is 0 Å². The molecule has 1 aromatic carbocycles. The van der Waals surface area contributed by atoms with Crippen LogP contribution in [0.3, 0.4) is 0 Å². The second kappa shape index (κ2) is 4.23. The van der Waals surface area contributed by atoms with E-state index in [1.807, 2.05) is 25.2 Å². The lowest BCUT2D eigenvalue weighted by atomic mass is 10.1. The molecule has 0 unspecified atom stereocenters. The van der Waals surface area contributed by atoms with Gasteiger partial charge < -0.3 is 9.40 Å². The normalized spacial score (nSPS) is 11.1. The van der Waals surface area contributed by atoms with Gasteiger partial charge in [0.1, 0.15) is 0 Å². The molecule has 2 rings (SSSR count). The van der Waals surface area contributed by atoms with Crippen molar-refractivity contribution in [2.75, 3.05) is 6.61 Å². The first-order chi connectivity index (χ1) is 7.22. The molecule has 0 fully saturated rings. The van der Waals surface area contributed by atoms with Gasteiger partial charge in [-0.25, -0.2) is 5.90 Å². The fraction of sp³-hybridized carbons (Fsp3) is 0.273. The largest absolute Gasteiger partial charge is 0.350 e. The summed E-state index contributed by atoms with van der Waals surface area (Å²) in [7, 11) is 2.01. The van der Waals surface area contributed by atoms with Crippen LogP contribution in [0.2, 0.25) is 5.02 Å². The zero-order chi connectivity index (χ0) is 10.8. The maximum Gasteiger partial charge on any atom is 0.0720 e. The van der Waals surface area contributed by atoms with Crippen molar-refractivity contribution < 1.29 is 4.84 Å². The van der Waals surface area contributed by atoms with Crippen LogP contribution in [0.15, 0.2) is 24.4 Å². The number of nitrogens with zero attached hydrogens (tertiary/aromatic N) is 1. The van der Waals surface area contributed by atoms with Crippen molar-refractivity contribution in [2.24, 2.45) is 12.9 Å². The minimum Gasteiger partial charge on any atom is -0.350 e. The van der Waals surface area contributed by atoms with Crippen LogP contribution in [0.1, 0.15) is 5.56 Å². The average molecular weight is 225 g/mol. The fourth-order valence-corrected chi connectivity index (χ4v) is 1.98. The van der Waals surface area contributed by atoms with Gasteiger partial charge in [-0.2, -0.15) is 0 Å². The van der Waals surface area contributed by atoms with E-state index in [1.54, 1.807) is 0 Å². The van der Waals surface area contributed by atoms with Gasteiger partial charge in [0.15, 0.2) is 0 Å². The molecular weight excluding hydrogens is 212 g/mol. The van der Waals surface area contributed by atoms with E-state index in [0.717, 1.165) is 17.0 Å². The van der Waals surface area contributed by atoms with Crippen LogP contribution in [-0.4, -0.2) is 11.2 Å². The van der Waals surface area contributed by atoms with Gasteiger partial charge in [0, 0.05) is 29.2 Å². The van der Waals surface area contributed by atoms with Gasteiger partial charge in [-0.1, -0.05) is 17.7 Å². The third kappa shape index (κ3) is 2.00. The Labute approximate surface area is 93.3 Å². The standard InChI is InChI=1S/C11H13ClN2O/c1-14-7-8(4-5-15-13)10-3-2-9(12)6-11(10)14/h2-3,6-7H,4-5,13H2,1H3. The number of halogens is 1. The molecule has 1 heterocycles. The van der Waals surface area contributed by atoms with Gasteiger partial charge >= 0.3 is 0 Å². The summed E-state index contributed by atoms with van der Waals surface area (Å²) in [5.41, 5.74) is 2.36. The summed E-state index contributed by atoms with van der Waals surface area (Å²) in [4.78, 5) is 4.59. The van der Waals surface area contributed by atoms with Crippen molar-refractivity contribution in [3.63, 3.8) is 0 Å². The van der Waals surface area contributed by atoms with Crippen LogP contribution >= 0.6 is 11.6 Å². The highest BCUT2D eigenvalue weighted by Crippen LogP contribution is 2.24. The third-order valence-electron chi connectivity index (χ3n) is 2.52. The van der Waals surface area contributed by atoms with E-state index < -0.39 is 0 Å². The quantitative estimate of drug-likeness (QED) is 0.813. The number of benzene rings is 1. The van der Waals surface area contributed by atoms with Crippen LogP contribution in [-0.2, 0) is 18.3 Å². The Hall–Kier alpha value is -1.03. The first-order valence-corrected chi connectivity index (χ1v) is 5.15. The topological polar surface area (TPSA) is 40.2 Å². The zero-order valence-electron chi connectivity index (χ0n) is 8.53. The molecule has 0 radical (unpaired) electrons. The molecule has 80 valence electrons. The summed E-state index contributed by atoms with van der Waals surface area (Å²) >= 11 is 5.95. The summed E-state index contributed by atoms with van der Waals surface area (Å²) in [6, 6.07) is 5.89. The van der Waals surface area contributed by atoms with Gasteiger partial charge in [-0.05, 0) is 24.1 Å². The zero-order valence-corrected chi connectivity index (χ0v) is 9.29. The van der Waals surface area contributed by atoms with Crippen LogP contribution in [0, 0.1) is 0 Å². The number of aromatic nitrogens is 1. The van der Waals surface area contributed by atoms with Gasteiger partial charge in [-0.15, -0.1) is 0 Å². The van der Waals surface area contributed by atoms with Crippen molar-refractivity contribution in [3.8, 4) is 0 Å². The van der Waals surface area contributed by atoms with E-state index in [-0.39, 0.29) is 0 Å². The Morgan fingerprint density at radius 3 is 3.00 bits per heavy atom. The molecule has 0 aliphatic carbocycles. The summed E-state index contributed by atoms with van der Waals surface area (Å²) < 4.78 is 2.06. The number of aryl methyl sites for hydroxylation is 1. The van der Waals surface area contributed by atoms with E-state index >= 15 is 0 Å². The number of nitrogens with two attached hydrogens (primary N) is 1. The molecule has 1 aromatic heterocycles. The fourth-order valence-electron chi connectivity index (χ4n) is 1.81. The van der Waals surface area contributed by atoms with Gasteiger partial charge in [0.2, 0.25) is 0 Å². The van der Waals surface area contributed by atoms with Crippen molar-refractivity contribution in [1.82, 2.24) is 4.57 Å². The molecule has 2 N–H and O–H groups in total. The van der Waals surface area contributed by atoms with Crippen molar-refractivity contribution in [2.45, 2.75) is 6.42 Å². The summed E-state index contributed by atoms with van der Waals surface area (Å²) in [5.74, 6) is 5.02. The molecule has 4 heteroatoms. The maximum atomic E-state index is 5.95. The Morgan fingerprint density at radius 1 is 1.47 bits per heavy atom. The van der Waals surface area contributed by atoms with Crippen LogP contribution in [0.4, 0.5) is 0 Å². The molecule has 0 spiro atoms. The lowest BCUT2D eigenvalue weighted by Crippen LogP contribution is -2.03. The summed E-state index contributed by atoms with van der Waals surface area (Å²) in [6.45, 7) is 0.530. The number of fused-ring (bicyclic) bond motifs is 1. The number of hydrogen-bond acceptors (Lipinski definition) is 2. The maximum absolute atomic E-state index is 5.95. The lowest BCUT2D eigenvalue weighted by Gasteiger charge is -1.98. The van der Waals surface area contributed by atoms with E-state index in [4.69, 9.17) is 17.5 Å². The molecule has 0 aliphatic heterocycles. The highest BCUT2D eigenvalue weighted by Gasteiger charge is 2.06. The van der Waals surface area contributed by atoms with Crippen LogP contribution < -0.4 is 5.90 Å². The first-order valence-electron chi connectivity index (χ1n) is 4.77. The predicted molar refractivity (Wildman–Crippen MR) is 61.8 cm³/mol. The van der Waals surface area contributed by atoms with Gasteiger partial charge in [-0.3, -0.25) is 0 Å². The third-order valence-corrected chi connectivity index (χ3v) is 2.76. The Morgan fingerprint density at radius 2 is 2.27 bits per heavy atom. The Balaban J connectivity index is 2.48. The molecule has 0 saturated carbocycles. The second-order valence-corrected chi connectivity index (χ2v) is 3.98. The molecule has 0 saturated heterocycles. The minimum atomic E-state index is 0.530. The summed E-state index contributed by atoms with van der Waals surface area (Å²) in [5, 5.41) is 1.96. The van der Waals surface area contributed by atoms with E-state index in [2.05, 4.69) is 15.6 Å². The number of rotatable bonds is 3. The van der Waals surface area contributed by atoms with Crippen molar-refractivity contribution in [1.29, 1.82) is 0 Å². The van der Waals surface area contributed by atoms with E-state index in [9.17, 15) is 0 Å². The van der Waals surface area contributed by atoms with Gasteiger partial charge in [0.25, 0.3) is 0 Å². The van der Waals surface area contributed by atoms with Crippen molar-refractivity contribution in [3.05, 3.63) is 35.0 Å². The lowest BCUT2D eigenvalue weighted by molar-refractivity contribution is 0.141. The van der Waals surface area contributed by atoms with Gasteiger partial charge in [0.05, 0.1) is 6.61 Å². The second-order valence-electron chi connectivity index (χ2n) is 3.55. The van der Waals surface area contributed by atoms with Crippen molar-refractivity contribution >= 4 is 22.5 Å². The van der Waals surface area contributed by atoms with Crippen LogP contribution in [0.25, 0.3) is 10.9 Å². The SMILES string of the molecule is Cn1cc(CCON)c2ccc(Cl)cc21. The molecule has 0 atom stereocenters. The Kier molecular flexibility index (Phi) is 2.95. The Bertz CT molecular complexity index is 479. The molecular formula is C11H13ClN2O. The monoisotopic (exact) mass is 224 g/mol. The van der Waals surface area contributed by atoms with E-state index in [0.29, 0.717) is 6.61 Å². The highest BCUT2D eigenvalue weighted by molar-refractivity contribution is 6.31. The smallest absolute Gasteiger partial charge is 0.0720 e. The molecule has 0 amide bonds. The average Bonchev–Trinajstić information content (AvgIpc) is 2.53. The summed E-state index contributed by atoms with van der Waals surface area (Å²) in [6.07, 6.45) is 2.90. The number of hydrogen-bond donors (Lipinski definition) is 1. The molecule has 15 heavy (non-hydrogen) atoms. The first kappa shape index (κ1) is 10.5. The molecule has 0 aliphatic rings. The molecule has 2 aromatic rings. The highest BCUT2D eigenvalue weighted by atomic mass is 35.5. The minimum absolute atomic E-state index is 0.530. The molecule has 3 nitrogen and oxygen atoms in total. The van der Waals surface area contributed by atoms with E-state index in [1.165, 1.54) is 10.9 Å². The molecule has 0 bridgehead atoms. The predicted octanol–water partition coefficient (Wildman–Crippen LogP) is 2.26.